The Labute approximate surface area is 140 Å². The van der Waals surface area contributed by atoms with Crippen LogP contribution >= 0.6 is 0 Å². The molecular formula is C18H25NO2SSi. The van der Waals surface area contributed by atoms with E-state index in [2.05, 4.69) is 24.4 Å². The number of sulfonamides is 1. The molecule has 1 N–H and O–H groups in total. The van der Waals surface area contributed by atoms with Gasteiger partial charge in [0.25, 0.3) is 0 Å². The van der Waals surface area contributed by atoms with Crippen molar-refractivity contribution in [3.8, 4) is 0 Å². The SMILES string of the molecule is CC(C)(NS(=O)(=O)c1ccccc1[Si](C)(C)C)c1ccccc1. The third-order valence-electron chi connectivity index (χ3n) is 3.87. The monoisotopic (exact) mass is 347 g/mol. The van der Waals surface area contributed by atoms with Gasteiger partial charge in [0.1, 0.15) is 0 Å². The maximum Gasteiger partial charge on any atom is 0.241 e. The molecule has 2 aromatic carbocycles. The van der Waals surface area contributed by atoms with Crippen LogP contribution in [0.3, 0.4) is 0 Å². The summed E-state index contributed by atoms with van der Waals surface area (Å²) in [5.74, 6) is 0. The first-order chi connectivity index (χ1) is 10.5. The second-order valence-electron chi connectivity index (χ2n) is 7.34. The summed E-state index contributed by atoms with van der Waals surface area (Å²) in [4.78, 5) is 0.406. The fraction of sp³-hybridized carbons (Fsp3) is 0.333. The Bertz CT molecular complexity index is 778. The summed E-state index contributed by atoms with van der Waals surface area (Å²) in [7, 11) is -5.36. The molecule has 0 heterocycles. The van der Waals surface area contributed by atoms with Gasteiger partial charge < -0.3 is 0 Å². The molecule has 0 saturated carbocycles. The zero-order valence-corrected chi connectivity index (χ0v) is 16.2. The fourth-order valence-corrected chi connectivity index (χ4v) is 6.88. The third kappa shape index (κ3) is 4.10. The van der Waals surface area contributed by atoms with Gasteiger partial charge in [0.05, 0.1) is 18.5 Å². The van der Waals surface area contributed by atoms with Crippen molar-refractivity contribution in [3.05, 3.63) is 60.2 Å². The highest BCUT2D eigenvalue weighted by molar-refractivity contribution is 7.89. The summed E-state index contributed by atoms with van der Waals surface area (Å²) in [6, 6.07) is 17.0. The molecule has 0 bridgehead atoms. The minimum Gasteiger partial charge on any atom is -0.207 e. The van der Waals surface area contributed by atoms with Crippen LogP contribution in [-0.4, -0.2) is 16.5 Å². The molecule has 0 saturated heterocycles. The normalized spacial score (nSPS) is 13.1. The Morgan fingerprint density at radius 3 is 1.96 bits per heavy atom. The fourth-order valence-electron chi connectivity index (χ4n) is 2.63. The highest BCUT2D eigenvalue weighted by Gasteiger charge is 2.31. The van der Waals surface area contributed by atoms with Crippen LogP contribution in [0, 0.1) is 0 Å². The van der Waals surface area contributed by atoms with Crippen LogP contribution in [0.25, 0.3) is 0 Å². The minimum absolute atomic E-state index is 0.406. The number of benzene rings is 2. The van der Waals surface area contributed by atoms with Crippen molar-refractivity contribution in [2.24, 2.45) is 0 Å². The molecule has 0 unspecified atom stereocenters. The lowest BCUT2D eigenvalue weighted by Crippen LogP contribution is -2.46. The Hall–Kier alpha value is -1.43. The van der Waals surface area contributed by atoms with Gasteiger partial charge in [-0.3, -0.25) is 0 Å². The highest BCUT2D eigenvalue weighted by Crippen LogP contribution is 2.23. The van der Waals surface area contributed by atoms with Crippen LogP contribution in [0.5, 0.6) is 0 Å². The molecule has 0 amide bonds. The van der Waals surface area contributed by atoms with Gasteiger partial charge >= 0.3 is 0 Å². The molecule has 2 rings (SSSR count). The van der Waals surface area contributed by atoms with E-state index in [1.165, 1.54) is 0 Å². The number of rotatable bonds is 5. The van der Waals surface area contributed by atoms with Crippen LogP contribution in [0.1, 0.15) is 19.4 Å². The first-order valence-electron chi connectivity index (χ1n) is 7.73. The summed E-state index contributed by atoms with van der Waals surface area (Å²) in [6.45, 7) is 10.2. The van der Waals surface area contributed by atoms with Gasteiger partial charge in [0.2, 0.25) is 10.0 Å². The molecule has 0 radical (unpaired) electrons. The third-order valence-corrected chi connectivity index (χ3v) is 7.82. The number of hydrogen-bond acceptors (Lipinski definition) is 2. The molecule has 0 fully saturated rings. The van der Waals surface area contributed by atoms with Gasteiger partial charge in [-0.1, -0.05) is 68.2 Å². The van der Waals surface area contributed by atoms with Gasteiger partial charge in [-0.2, -0.15) is 0 Å². The lowest BCUT2D eigenvalue weighted by Gasteiger charge is -2.28. The van der Waals surface area contributed by atoms with Crippen molar-refractivity contribution in [3.63, 3.8) is 0 Å². The highest BCUT2D eigenvalue weighted by atomic mass is 32.2. The van der Waals surface area contributed by atoms with E-state index in [9.17, 15) is 8.42 Å². The van der Waals surface area contributed by atoms with Crippen LogP contribution in [0.4, 0.5) is 0 Å². The van der Waals surface area contributed by atoms with E-state index < -0.39 is 23.6 Å². The molecule has 0 atom stereocenters. The molecule has 3 nitrogen and oxygen atoms in total. The molecule has 0 aromatic heterocycles. The Kier molecular flexibility index (Phi) is 4.85. The van der Waals surface area contributed by atoms with Crippen molar-refractivity contribution in [1.82, 2.24) is 4.72 Å². The van der Waals surface area contributed by atoms with Gasteiger partial charge in [-0.15, -0.1) is 0 Å². The summed E-state index contributed by atoms with van der Waals surface area (Å²) in [6.07, 6.45) is 0. The van der Waals surface area contributed by atoms with Gasteiger partial charge in [-0.05, 0) is 30.7 Å². The van der Waals surface area contributed by atoms with Gasteiger partial charge in [0.15, 0.2) is 0 Å². The Balaban J connectivity index is 2.45. The van der Waals surface area contributed by atoms with E-state index in [-0.39, 0.29) is 0 Å². The van der Waals surface area contributed by atoms with Crippen molar-refractivity contribution < 1.29 is 8.42 Å². The average Bonchev–Trinajstić information content (AvgIpc) is 2.46. The molecule has 0 aliphatic carbocycles. The molecule has 2 aromatic rings. The molecule has 23 heavy (non-hydrogen) atoms. The number of hydrogen-bond donors (Lipinski definition) is 1. The van der Waals surface area contributed by atoms with E-state index in [0.29, 0.717) is 4.90 Å². The predicted octanol–water partition coefficient (Wildman–Crippen LogP) is 3.45. The van der Waals surface area contributed by atoms with Crippen LogP contribution in [0.15, 0.2) is 59.5 Å². The molecule has 5 heteroatoms. The molecule has 124 valence electrons. The first-order valence-corrected chi connectivity index (χ1v) is 12.7. The van der Waals surface area contributed by atoms with Crippen molar-refractivity contribution in [2.45, 2.75) is 43.9 Å². The summed E-state index contributed by atoms with van der Waals surface area (Å²) in [5.41, 5.74) is 0.265. The lowest BCUT2D eigenvalue weighted by molar-refractivity contribution is 0.472. The van der Waals surface area contributed by atoms with E-state index in [4.69, 9.17) is 0 Å². The Morgan fingerprint density at radius 2 is 1.39 bits per heavy atom. The largest absolute Gasteiger partial charge is 0.241 e. The molecular weight excluding hydrogens is 322 g/mol. The van der Waals surface area contributed by atoms with E-state index in [1.807, 2.05) is 56.3 Å². The summed E-state index contributed by atoms with van der Waals surface area (Å²) in [5, 5.41) is 0.955. The topological polar surface area (TPSA) is 46.2 Å². The van der Waals surface area contributed by atoms with Crippen LogP contribution in [0.2, 0.25) is 19.6 Å². The maximum atomic E-state index is 13.0. The van der Waals surface area contributed by atoms with Crippen molar-refractivity contribution >= 4 is 23.3 Å². The van der Waals surface area contributed by atoms with Gasteiger partial charge in [0, 0.05) is 0 Å². The molecule has 0 aliphatic rings. The summed E-state index contributed by atoms with van der Waals surface area (Å²) < 4.78 is 28.9. The summed E-state index contributed by atoms with van der Waals surface area (Å²) >= 11 is 0. The van der Waals surface area contributed by atoms with Crippen LogP contribution < -0.4 is 9.91 Å². The predicted molar refractivity (Wildman–Crippen MR) is 99.2 cm³/mol. The van der Waals surface area contributed by atoms with Crippen LogP contribution in [-0.2, 0) is 15.6 Å². The van der Waals surface area contributed by atoms with Gasteiger partial charge in [-0.25, -0.2) is 13.1 Å². The smallest absolute Gasteiger partial charge is 0.207 e. The zero-order chi connectivity index (χ0) is 17.3. The van der Waals surface area contributed by atoms with E-state index in [0.717, 1.165) is 10.8 Å². The zero-order valence-electron chi connectivity index (χ0n) is 14.4. The van der Waals surface area contributed by atoms with E-state index in [1.54, 1.807) is 12.1 Å². The average molecular weight is 348 g/mol. The quantitative estimate of drug-likeness (QED) is 0.842. The minimum atomic E-state index is -3.60. The number of nitrogens with one attached hydrogen (secondary N) is 1. The first kappa shape index (κ1) is 17.9. The van der Waals surface area contributed by atoms with E-state index >= 15 is 0 Å². The second-order valence-corrected chi connectivity index (χ2v) is 14.0. The molecule has 0 spiro atoms. The van der Waals surface area contributed by atoms with Crippen molar-refractivity contribution in [1.29, 1.82) is 0 Å². The Morgan fingerprint density at radius 1 is 0.870 bits per heavy atom. The molecule has 0 aliphatic heterocycles. The lowest BCUT2D eigenvalue weighted by atomic mass is 9.96. The second kappa shape index (κ2) is 6.22. The van der Waals surface area contributed by atoms with Crippen molar-refractivity contribution in [2.75, 3.05) is 0 Å². The standard InChI is InChI=1S/C18H25NO2SSi/c1-18(2,15-11-7-6-8-12-15)19-22(20,21)16-13-9-10-14-17(16)23(3,4)5/h6-14,19H,1-5H3. The maximum absolute atomic E-state index is 13.0.